The molecular weight excluding hydrogens is 138 g/mol. The fourth-order valence-corrected chi connectivity index (χ4v) is 1.27. The number of nitrogens with one attached hydrogen (secondary N) is 2. The van der Waals surface area contributed by atoms with Crippen molar-refractivity contribution in [2.24, 2.45) is 0 Å². The van der Waals surface area contributed by atoms with Gasteiger partial charge in [-0.2, -0.15) is 0 Å². The van der Waals surface area contributed by atoms with E-state index >= 15 is 0 Å². The van der Waals surface area contributed by atoms with Gasteiger partial charge in [0.15, 0.2) is 0 Å². The molecule has 0 aromatic rings. The van der Waals surface area contributed by atoms with Crippen LogP contribution < -0.4 is 5.43 Å². The number of hydrogen-bond acceptors (Lipinski definition) is 2. The van der Waals surface area contributed by atoms with Crippen LogP contribution in [0.15, 0.2) is 0 Å². The fraction of sp³-hybridized carbons (Fsp3) is 0.875. The van der Waals surface area contributed by atoms with E-state index in [1.54, 1.807) is 0 Å². The Hall–Kier alpha value is -0.570. The molecule has 1 saturated heterocycles. The van der Waals surface area contributed by atoms with Crippen LogP contribution >= 0.6 is 0 Å². The van der Waals surface area contributed by atoms with Gasteiger partial charge in [0, 0.05) is 19.5 Å². The van der Waals surface area contributed by atoms with Crippen LogP contribution in [-0.4, -0.2) is 23.9 Å². The van der Waals surface area contributed by atoms with Crippen LogP contribution in [0.2, 0.25) is 0 Å². The first-order valence-corrected chi connectivity index (χ1v) is 4.42. The normalized spacial score (nSPS) is 19.9. The number of rotatable bonds is 3. The zero-order chi connectivity index (χ0) is 8.10. The summed E-state index contributed by atoms with van der Waals surface area (Å²) >= 11 is 0. The second kappa shape index (κ2) is 4.34. The van der Waals surface area contributed by atoms with Crippen LogP contribution in [-0.2, 0) is 0 Å². The van der Waals surface area contributed by atoms with Crippen molar-refractivity contribution in [2.45, 2.75) is 32.6 Å². The van der Waals surface area contributed by atoms with Crippen molar-refractivity contribution in [2.75, 3.05) is 13.1 Å². The quantitative estimate of drug-likeness (QED) is 0.646. The van der Waals surface area contributed by atoms with Gasteiger partial charge in [-0.15, -0.1) is 0 Å². The molecule has 3 heteroatoms. The van der Waals surface area contributed by atoms with E-state index < -0.39 is 0 Å². The lowest BCUT2D eigenvalue weighted by molar-refractivity contribution is 0.210. The summed E-state index contributed by atoms with van der Waals surface area (Å²) < 4.78 is 0. The largest absolute Gasteiger partial charge is 0.307 e. The first-order chi connectivity index (χ1) is 5.33. The summed E-state index contributed by atoms with van der Waals surface area (Å²) in [5, 5.41) is 9.55. The van der Waals surface area contributed by atoms with Crippen LogP contribution in [0.5, 0.6) is 0 Å². The van der Waals surface area contributed by atoms with Crippen molar-refractivity contribution in [1.29, 1.82) is 5.41 Å². The Morgan fingerprint density at radius 1 is 1.64 bits per heavy atom. The van der Waals surface area contributed by atoms with Gasteiger partial charge in [0.1, 0.15) is 5.84 Å². The standard InChI is InChI=1S/C8H17N3/c1-2-3-6-11-7-4-5-8(9)10-11/h2-7H2,1H3,(H2,9,10). The van der Waals surface area contributed by atoms with Crippen molar-refractivity contribution < 1.29 is 0 Å². The predicted octanol–water partition coefficient (Wildman–Crippen LogP) is 1.36. The first-order valence-electron chi connectivity index (χ1n) is 4.42. The van der Waals surface area contributed by atoms with Gasteiger partial charge in [0.2, 0.25) is 0 Å². The molecule has 0 radical (unpaired) electrons. The van der Waals surface area contributed by atoms with Crippen LogP contribution in [0, 0.1) is 5.41 Å². The van der Waals surface area contributed by atoms with Crippen LogP contribution in [0.1, 0.15) is 32.6 Å². The van der Waals surface area contributed by atoms with Crippen molar-refractivity contribution in [3.63, 3.8) is 0 Å². The minimum atomic E-state index is 0.673. The summed E-state index contributed by atoms with van der Waals surface area (Å²) in [6.07, 6.45) is 4.50. The van der Waals surface area contributed by atoms with Gasteiger partial charge >= 0.3 is 0 Å². The van der Waals surface area contributed by atoms with E-state index in [9.17, 15) is 0 Å². The van der Waals surface area contributed by atoms with Gasteiger partial charge < -0.3 is 5.43 Å². The van der Waals surface area contributed by atoms with Gasteiger partial charge in [-0.25, -0.2) is 5.01 Å². The molecular formula is C8H17N3. The molecule has 0 saturated carbocycles. The van der Waals surface area contributed by atoms with Crippen LogP contribution in [0.4, 0.5) is 0 Å². The lowest BCUT2D eigenvalue weighted by atomic mass is 10.2. The summed E-state index contributed by atoms with van der Waals surface area (Å²) in [5.41, 5.74) is 3.07. The Bertz CT molecular complexity index is 133. The molecule has 0 amide bonds. The summed E-state index contributed by atoms with van der Waals surface area (Å²) in [6, 6.07) is 0. The molecule has 0 unspecified atom stereocenters. The lowest BCUT2D eigenvalue weighted by Gasteiger charge is -2.28. The van der Waals surface area contributed by atoms with E-state index in [4.69, 9.17) is 5.41 Å². The monoisotopic (exact) mass is 155 g/mol. The SMILES string of the molecule is CCCCN1CCCC(=N)N1. The highest BCUT2D eigenvalue weighted by atomic mass is 15.5. The maximum Gasteiger partial charge on any atom is 0.108 e. The molecule has 1 fully saturated rings. The van der Waals surface area contributed by atoms with Gasteiger partial charge in [-0.3, -0.25) is 5.41 Å². The highest BCUT2D eigenvalue weighted by Crippen LogP contribution is 2.02. The molecule has 0 aromatic carbocycles. The molecule has 1 heterocycles. The molecule has 64 valence electrons. The maximum absolute atomic E-state index is 7.40. The smallest absolute Gasteiger partial charge is 0.108 e. The molecule has 11 heavy (non-hydrogen) atoms. The Labute approximate surface area is 68.3 Å². The summed E-state index contributed by atoms with van der Waals surface area (Å²) in [5.74, 6) is 0.673. The van der Waals surface area contributed by atoms with E-state index in [1.165, 1.54) is 12.8 Å². The second-order valence-corrected chi connectivity index (χ2v) is 3.03. The number of nitrogens with zero attached hydrogens (tertiary/aromatic N) is 1. The Balaban J connectivity index is 2.17. The third-order valence-corrected chi connectivity index (χ3v) is 1.93. The molecule has 3 nitrogen and oxygen atoms in total. The Kier molecular flexibility index (Phi) is 3.36. The number of unbranched alkanes of at least 4 members (excludes halogenated alkanes) is 1. The van der Waals surface area contributed by atoms with E-state index in [0.29, 0.717) is 5.84 Å². The van der Waals surface area contributed by atoms with Gasteiger partial charge in [-0.05, 0) is 12.8 Å². The zero-order valence-electron chi connectivity index (χ0n) is 7.19. The second-order valence-electron chi connectivity index (χ2n) is 3.03. The van der Waals surface area contributed by atoms with Crippen LogP contribution in [0.25, 0.3) is 0 Å². The first kappa shape index (κ1) is 8.53. The third-order valence-electron chi connectivity index (χ3n) is 1.93. The van der Waals surface area contributed by atoms with Gasteiger partial charge in [-0.1, -0.05) is 13.3 Å². The average Bonchev–Trinajstić information content (AvgIpc) is 2.01. The number of hydrazine groups is 1. The molecule has 0 aliphatic carbocycles. The topological polar surface area (TPSA) is 39.1 Å². The van der Waals surface area contributed by atoms with Gasteiger partial charge in [0.05, 0.1) is 0 Å². The van der Waals surface area contributed by atoms with E-state index in [2.05, 4.69) is 17.4 Å². The fourth-order valence-electron chi connectivity index (χ4n) is 1.27. The highest BCUT2D eigenvalue weighted by Gasteiger charge is 2.11. The van der Waals surface area contributed by atoms with Crippen LogP contribution in [0.3, 0.4) is 0 Å². The molecule has 2 N–H and O–H groups in total. The highest BCUT2D eigenvalue weighted by molar-refractivity contribution is 5.78. The zero-order valence-corrected chi connectivity index (χ0v) is 7.19. The molecule has 1 aliphatic rings. The summed E-state index contributed by atoms with van der Waals surface area (Å²) in [7, 11) is 0. The minimum Gasteiger partial charge on any atom is -0.307 e. The van der Waals surface area contributed by atoms with E-state index in [-0.39, 0.29) is 0 Å². The van der Waals surface area contributed by atoms with Gasteiger partial charge in [0.25, 0.3) is 0 Å². The van der Waals surface area contributed by atoms with E-state index in [0.717, 1.165) is 25.9 Å². The van der Waals surface area contributed by atoms with Crippen molar-refractivity contribution in [3.05, 3.63) is 0 Å². The minimum absolute atomic E-state index is 0.673. The van der Waals surface area contributed by atoms with Crippen molar-refractivity contribution in [3.8, 4) is 0 Å². The summed E-state index contributed by atoms with van der Waals surface area (Å²) in [6.45, 7) is 4.37. The van der Waals surface area contributed by atoms with Crippen molar-refractivity contribution in [1.82, 2.24) is 10.4 Å². The maximum atomic E-state index is 7.40. The number of amidine groups is 1. The number of hydrogen-bond donors (Lipinski definition) is 2. The molecule has 0 spiro atoms. The third kappa shape index (κ3) is 2.89. The molecule has 1 rings (SSSR count). The summed E-state index contributed by atoms with van der Waals surface area (Å²) in [4.78, 5) is 0. The van der Waals surface area contributed by atoms with Crippen molar-refractivity contribution >= 4 is 5.84 Å². The Morgan fingerprint density at radius 3 is 3.09 bits per heavy atom. The Morgan fingerprint density at radius 2 is 2.45 bits per heavy atom. The molecule has 1 aliphatic heterocycles. The molecule has 0 bridgehead atoms. The molecule has 0 aromatic heterocycles. The van der Waals surface area contributed by atoms with E-state index in [1.807, 2.05) is 0 Å². The average molecular weight is 155 g/mol. The predicted molar refractivity (Wildman–Crippen MR) is 46.6 cm³/mol. The lowest BCUT2D eigenvalue weighted by Crippen LogP contribution is -2.46. The molecule has 0 atom stereocenters.